The van der Waals surface area contributed by atoms with Crippen molar-refractivity contribution in [3.05, 3.63) is 12.2 Å². The molecule has 0 saturated carbocycles. The fraction of sp³-hybridized carbons (Fsp3) is 0.913. The Hall–Kier alpha value is -0.275. The second-order valence-corrected chi connectivity index (χ2v) is 9.06. The fourth-order valence-corrected chi connectivity index (χ4v) is 3.46. The predicted octanol–water partition coefficient (Wildman–Crippen LogP) is 7.73. The lowest BCUT2D eigenvalue weighted by molar-refractivity contribution is 0.00578. The minimum Gasteiger partial charge on any atom is -0.403 e. The Kier molecular flexibility index (Phi) is 11.9. The van der Waals surface area contributed by atoms with Crippen molar-refractivity contribution in [1.82, 2.24) is 0 Å². The summed E-state index contributed by atoms with van der Waals surface area (Å²) in [7, 11) is -0.00935. The van der Waals surface area contributed by atoms with E-state index in [1.54, 1.807) is 0 Å². The Morgan fingerprint density at radius 2 is 1.04 bits per heavy atom. The van der Waals surface area contributed by atoms with Crippen molar-refractivity contribution in [2.24, 2.45) is 0 Å². The fourth-order valence-electron chi connectivity index (χ4n) is 3.46. The van der Waals surface area contributed by atoms with Gasteiger partial charge in [-0.25, -0.2) is 0 Å². The van der Waals surface area contributed by atoms with E-state index in [0.717, 1.165) is 6.32 Å². The van der Waals surface area contributed by atoms with E-state index in [1.807, 2.05) is 0 Å². The summed E-state index contributed by atoms with van der Waals surface area (Å²) in [5, 5.41) is 0. The molecule has 0 aromatic rings. The van der Waals surface area contributed by atoms with Crippen molar-refractivity contribution in [2.45, 2.75) is 136 Å². The van der Waals surface area contributed by atoms with E-state index in [9.17, 15) is 0 Å². The molecule has 0 aromatic carbocycles. The van der Waals surface area contributed by atoms with Crippen LogP contribution >= 0.6 is 0 Å². The third-order valence-electron chi connectivity index (χ3n) is 6.00. The van der Waals surface area contributed by atoms with Gasteiger partial charge < -0.3 is 9.31 Å². The van der Waals surface area contributed by atoms with Gasteiger partial charge in [0.2, 0.25) is 0 Å². The summed E-state index contributed by atoms with van der Waals surface area (Å²) in [6.07, 6.45) is 23.3. The van der Waals surface area contributed by atoms with Crippen molar-refractivity contribution in [2.75, 3.05) is 0 Å². The number of hydrogen-bond acceptors (Lipinski definition) is 2. The van der Waals surface area contributed by atoms with Gasteiger partial charge in [0.25, 0.3) is 0 Å². The Balaban J connectivity index is 1.86. The van der Waals surface area contributed by atoms with Gasteiger partial charge in [0.1, 0.15) is 0 Å². The molecule has 0 atom stereocenters. The molecule has 0 aliphatic carbocycles. The van der Waals surface area contributed by atoms with Gasteiger partial charge in [0.05, 0.1) is 11.2 Å². The zero-order valence-corrected chi connectivity index (χ0v) is 18.4. The van der Waals surface area contributed by atoms with Crippen molar-refractivity contribution in [3.63, 3.8) is 0 Å². The SMILES string of the molecule is CCCCCCCCC=CCCCCCCCB1OC(C)(C)C(C)(C)O1. The number of rotatable bonds is 15. The molecule has 0 aromatic heterocycles. The second-order valence-electron chi connectivity index (χ2n) is 9.06. The van der Waals surface area contributed by atoms with Crippen LogP contribution in [0.3, 0.4) is 0 Å². The molecular weight excluding hydrogens is 319 g/mol. The first-order valence-electron chi connectivity index (χ1n) is 11.4. The van der Waals surface area contributed by atoms with Gasteiger partial charge in [-0.05, 0) is 59.7 Å². The molecule has 0 N–H and O–H groups in total. The zero-order valence-electron chi connectivity index (χ0n) is 18.4. The topological polar surface area (TPSA) is 18.5 Å². The Morgan fingerprint density at radius 3 is 1.54 bits per heavy atom. The Bertz CT molecular complexity index is 360. The van der Waals surface area contributed by atoms with Gasteiger partial charge >= 0.3 is 7.12 Å². The molecule has 1 rings (SSSR count). The molecular formula is C23H45BO2. The normalized spacial score (nSPS) is 18.9. The number of allylic oxidation sites excluding steroid dienone is 2. The highest BCUT2D eigenvalue weighted by Crippen LogP contribution is 2.38. The van der Waals surface area contributed by atoms with Crippen LogP contribution in [-0.4, -0.2) is 18.3 Å². The van der Waals surface area contributed by atoms with E-state index in [0.29, 0.717) is 0 Å². The highest BCUT2D eigenvalue weighted by Gasteiger charge is 2.50. The Labute approximate surface area is 164 Å². The standard InChI is InChI=1S/C23H45BO2/c1-6-7-8-9-10-11-12-13-14-15-16-17-18-19-20-21-24-25-22(2,3)23(4,5)26-24/h13-14H,6-12,15-21H2,1-5H3. The van der Waals surface area contributed by atoms with Crippen LogP contribution in [0.15, 0.2) is 12.2 Å². The quantitative estimate of drug-likeness (QED) is 0.168. The average Bonchev–Trinajstić information content (AvgIpc) is 2.78. The monoisotopic (exact) mass is 364 g/mol. The summed E-state index contributed by atoms with van der Waals surface area (Å²) >= 11 is 0. The van der Waals surface area contributed by atoms with Crippen LogP contribution in [0.2, 0.25) is 6.32 Å². The lowest BCUT2D eigenvalue weighted by atomic mass is 9.82. The van der Waals surface area contributed by atoms with E-state index in [-0.39, 0.29) is 18.3 Å². The average molecular weight is 364 g/mol. The van der Waals surface area contributed by atoms with Crippen molar-refractivity contribution < 1.29 is 9.31 Å². The predicted molar refractivity (Wildman–Crippen MR) is 116 cm³/mol. The molecule has 26 heavy (non-hydrogen) atoms. The molecule has 0 bridgehead atoms. The highest BCUT2D eigenvalue weighted by molar-refractivity contribution is 6.45. The summed E-state index contributed by atoms with van der Waals surface area (Å²) in [4.78, 5) is 0. The van der Waals surface area contributed by atoms with Gasteiger partial charge in [0.15, 0.2) is 0 Å². The molecule has 0 amide bonds. The maximum absolute atomic E-state index is 6.05. The molecule has 1 fully saturated rings. The molecule has 2 nitrogen and oxygen atoms in total. The second kappa shape index (κ2) is 13.0. The summed E-state index contributed by atoms with van der Waals surface area (Å²) < 4.78 is 12.1. The van der Waals surface area contributed by atoms with E-state index in [2.05, 4.69) is 46.8 Å². The van der Waals surface area contributed by atoms with Gasteiger partial charge in [-0.2, -0.15) is 0 Å². The van der Waals surface area contributed by atoms with E-state index in [4.69, 9.17) is 9.31 Å². The van der Waals surface area contributed by atoms with Crippen molar-refractivity contribution in [3.8, 4) is 0 Å². The highest BCUT2D eigenvalue weighted by atomic mass is 16.7. The Morgan fingerprint density at radius 1 is 0.615 bits per heavy atom. The third-order valence-corrected chi connectivity index (χ3v) is 6.00. The summed E-state index contributed by atoms with van der Waals surface area (Å²) in [5.41, 5.74) is -0.362. The molecule has 1 heterocycles. The lowest BCUT2D eigenvalue weighted by Crippen LogP contribution is -2.41. The van der Waals surface area contributed by atoms with Gasteiger partial charge in [0, 0.05) is 0 Å². The zero-order chi connectivity index (χ0) is 19.3. The van der Waals surface area contributed by atoms with E-state index in [1.165, 1.54) is 83.5 Å². The molecule has 1 saturated heterocycles. The molecule has 0 radical (unpaired) electrons. The van der Waals surface area contributed by atoms with E-state index >= 15 is 0 Å². The third kappa shape index (κ3) is 9.60. The van der Waals surface area contributed by atoms with Crippen LogP contribution in [-0.2, 0) is 9.31 Å². The maximum atomic E-state index is 6.05. The van der Waals surface area contributed by atoms with Crippen LogP contribution in [0, 0.1) is 0 Å². The number of unbranched alkanes of at least 4 members (excludes halogenated alkanes) is 11. The lowest BCUT2D eigenvalue weighted by Gasteiger charge is -2.32. The first-order chi connectivity index (χ1) is 12.4. The van der Waals surface area contributed by atoms with Crippen LogP contribution in [0.5, 0.6) is 0 Å². The summed E-state index contributed by atoms with van der Waals surface area (Å²) in [6.45, 7) is 10.8. The van der Waals surface area contributed by atoms with Gasteiger partial charge in [-0.1, -0.05) is 76.9 Å². The molecule has 152 valence electrons. The van der Waals surface area contributed by atoms with E-state index < -0.39 is 0 Å². The molecule has 1 aliphatic rings. The smallest absolute Gasteiger partial charge is 0.403 e. The van der Waals surface area contributed by atoms with Crippen LogP contribution in [0.25, 0.3) is 0 Å². The summed E-state index contributed by atoms with van der Waals surface area (Å²) in [6, 6.07) is 0. The number of hydrogen-bond donors (Lipinski definition) is 0. The molecule has 1 aliphatic heterocycles. The van der Waals surface area contributed by atoms with Crippen molar-refractivity contribution in [1.29, 1.82) is 0 Å². The minimum atomic E-state index is -0.181. The van der Waals surface area contributed by atoms with Crippen LogP contribution in [0.4, 0.5) is 0 Å². The van der Waals surface area contributed by atoms with Gasteiger partial charge in [-0.15, -0.1) is 0 Å². The first-order valence-corrected chi connectivity index (χ1v) is 11.4. The molecule has 0 unspecified atom stereocenters. The first kappa shape index (κ1) is 23.8. The minimum absolute atomic E-state index is 0.00935. The summed E-state index contributed by atoms with van der Waals surface area (Å²) in [5.74, 6) is 0. The molecule has 0 spiro atoms. The maximum Gasteiger partial charge on any atom is 0.457 e. The van der Waals surface area contributed by atoms with Gasteiger partial charge in [-0.3, -0.25) is 0 Å². The molecule has 3 heteroatoms. The van der Waals surface area contributed by atoms with Crippen molar-refractivity contribution >= 4 is 7.12 Å². The largest absolute Gasteiger partial charge is 0.457 e. The van der Waals surface area contributed by atoms with Crippen LogP contribution in [0.1, 0.15) is 118 Å². The van der Waals surface area contributed by atoms with Crippen LogP contribution < -0.4 is 0 Å².